The second-order valence-corrected chi connectivity index (χ2v) is 3.69. The lowest BCUT2D eigenvalue weighted by Crippen LogP contribution is -1.98. The Hall–Kier alpha value is -0.630. The Morgan fingerprint density at radius 1 is 1.25 bits per heavy atom. The van der Waals surface area contributed by atoms with Crippen LogP contribution in [0, 0.1) is 13.8 Å². The molecule has 1 aromatic rings. The average Bonchev–Trinajstić information content (AvgIpc) is 2.68. The summed E-state index contributed by atoms with van der Waals surface area (Å²) in [4.78, 5) is 8.45. The number of aromatic nitrogens is 2. The van der Waals surface area contributed by atoms with Gasteiger partial charge in [0.15, 0.2) is 0 Å². The number of aryl methyl sites for hydroxylation is 2. The molecule has 12 heavy (non-hydrogen) atoms. The molecule has 0 radical (unpaired) electrons. The topological polar surface area (TPSA) is 25.8 Å². The Morgan fingerprint density at radius 3 is 2.42 bits per heavy atom. The van der Waals surface area contributed by atoms with Gasteiger partial charge in [0.1, 0.15) is 11.0 Å². The highest BCUT2D eigenvalue weighted by molar-refractivity contribution is 6.30. The monoisotopic (exact) mass is 182 g/mol. The summed E-state index contributed by atoms with van der Waals surface area (Å²) in [6.07, 6.45) is 2.49. The fourth-order valence-electron chi connectivity index (χ4n) is 1.52. The minimum atomic E-state index is 0.637. The van der Waals surface area contributed by atoms with Gasteiger partial charge in [0, 0.05) is 11.3 Å². The summed E-state index contributed by atoms with van der Waals surface area (Å²) in [5.41, 5.74) is 2.22. The molecule has 0 bridgehead atoms. The van der Waals surface area contributed by atoms with Crippen molar-refractivity contribution in [2.75, 3.05) is 0 Å². The molecule has 2 rings (SSSR count). The van der Waals surface area contributed by atoms with Gasteiger partial charge in [-0.1, -0.05) is 11.6 Å². The van der Waals surface area contributed by atoms with Gasteiger partial charge < -0.3 is 0 Å². The highest BCUT2D eigenvalue weighted by atomic mass is 35.5. The van der Waals surface area contributed by atoms with E-state index in [4.69, 9.17) is 11.6 Å². The molecule has 0 aromatic carbocycles. The molecule has 0 unspecified atom stereocenters. The van der Waals surface area contributed by atoms with E-state index in [2.05, 4.69) is 9.97 Å². The van der Waals surface area contributed by atoms with Crippen LogP contribution in [0.2, 0.25) is 5.15 Å². The maximum Gasteiger partial charge on any atom is 0.136 e. The molecule has 1 aliphatic rings. The molecule has 1 heterocycles. The van der Waals surface area contributed by atoms with Gasteiger partial charge in [0.25, 0.3) is 0 Å². The van der Waals surface area contributed by atoms with Crippen molar-refractivity contribution >= 4 is 11.6 Å². The maximum atomic E-state index is 6.02. The molecule has 0 atom stereocenters. The molecule has 1 fully saturated rings. The van der Waals surface area contributed by atoms with E-state index in [1.165, 1.54) is 18.4 Å². The molecular formula is C9H11ClN2. The summed E-state index contributed by atoms with van der Waals surface area (Å²) >= 11 is 6.02. The molecule has 0 saturated heterocycles. The van der Waals surface area contributed by atoms with Crippen LogP contribution in [0.25, 0.3) is 0 Å². The lowest BCUT2D eigenvalue weighted by molar-refractivity contribution is 0.942. The number of halogens is 1. The number of nitrogens with zero attached hydrogens (tertiary/aromatic N) is 2. The molecule has 0 N–H and O–H groups in total. The summed E-state index contributed by atoms with van der Waals surface area (Å²) in [6, 6.07) is 0. The van der Waals surface area contributed by atoms with Gasteiger partial charge in [-0.05, 0) is 32.6 Å². The average molecular weight is 183 g/mol. The number of rotatable bonds is 1. The first-order valence-electron chi connectivity index (χ1n) is 4.19. The first kappa shape index (κ1) is 7.99. The van der Waals surface area contributed by atoms with Crippen molar-refractivity contribution in [2.45, 2.75) is 32.6 Å². The van der Waals surface area contributed by atoms with Gasteiger partial charge in [-0.3, -0.25) is 0 Å². The van der Waals surface area contributed by atoms with Crippen LogP contribution >= 0.6 is 11.6 Å². The smallest absolute Gasteiger partial charge is 0.136 e. The summed E-state index contributed by atoms with van der Waals surface area (Å²) in [5, 5.41) is 0.655. The lowest BCUT2D eigenvalue weighted by Gasteiger charge is -2.05. The zero-order valence-corrected chi connectivity index (χ0v) is 8.02. The predicted octanol–water partition coefficient (Wildman–Crippen LogP) is 2.62. The standard InChI is InChI=1S/C9H11ClN2/c1-5-8(7-3-4-7)9(10)12-6(2)11-5/h7H,3-4H2,1-2H3. The van der Waals surface area contributed by atoms with E-state index < -0.39 is 0 Å². The summed E-state index contributed by atoms with van der Waals surface area (Å²) < 4.78 is 0. The highest BCUT2D eigenvalue weighted by Gasteiger charge is 2.28. The second-order valence-electron chi connectivity index (χ2n) is 3.33. The summed E-state index contributed by atoms with van der Waals surface area (Å²) in [6.45, 7) is 3.88. The van der Waals surface area contributed by atoms with Crippen LogP contribution in [0.5, 0.6) is 0 Å². The molecular weight excluding hydrogens is 172 g/mol. The fraction of sp³-hybridized carbons (Fsp3) is 0.556. The Kier molecular flexibility index (Phi) is 1.80. The highest BCUT2D eigenvalue weighted by Crippen LogP contribution is 2.43. The Balaban J connectivity index is 2.51. The second kappa shape index (κ2) is 2.70. The van der Waals surface area contributed by atoms with Crippen LogP contribution in [0.3, 0.4) is 0 Å². The van der Waals surface area contributed by atoms with Gasteiger partial charge in [-0.2, -0.15) is 0 Å². The van der Waals surface area contributed by atoms with Crippen molar-refractivity contribution in [1.82, 2.24) is 9.97 Å². The molecule has 0 aliphatic heterocycles. The van der Waals surface area contributed by atoms with E-state index in [-0.39, 0.29) is 0 Å². The van der Waals surface area contributed by atoms with Crippen LogP contribution in [-0.2, 0) is 0 Å². The summed E-state index contributed by atoms with van der Waals surface area (Å²) in [5.74, 6) is 1.40. The first-order chi connectivity index (χ1) is 5.68. The zero-order chi connectivity index (χ0) is 8.72. The maximum absolute atomic E-state index is 6.02. The zero-order valence-electron chi connectivity index (χ0n) is 7.26. The molecule has 1 saturated carbocycles. The van der Waals surface area contributed by atoms with Crippen LogP contribution in [0.4, 0.5) is 0 Å². The van der Waals surface area contributed by atoms with Crippen LogP contribution in [0.1, 0.15) is 35.8 Å². The first-order valence-corrected chi connectivity index (χ1v) is 4.57. The van der Waals surface area contributed by atoms with Crippen molar-refractivity contribution in [3.63, 3.8) is 0 Å². The van der Waals surface area contributed by atoms with Crippen molar-refractivity contribution in [2.24, 2.45) is 0 Å². The minimum absolute atomic E-state index is 0.637. The fourth-order valence-corrected chi connectivity index (χ4v) is 1.93. The van der Waals surface area contributed by atoms with Crippen molar-refractivity contribution in [1.29, 1.82) is 0 Å². The van der Waals surface area contributed by atoms with Gasteiger partial charge in [-0.15, -0.1) is 0 Å². The minimum Gasteiger partial charge on any atom is -0.238 e. The Bertz CT molecular complexity index is 295. The lowest BCUT2D eigenvalue weighted by atomic mass is 10.1. The third kappa shape index (κ3) is 1.31. The third-order valence-corrected chi connectivity index (χ3v) is 2.48. The molecule has 3 heteroatoms. The Labute approximate surface area is 77.0 Å². The number of hydrogen-bond acceptors (Lipinski definition) is 2. The quantitative estimate of drug-likeness (QED) is 0.624. The Morgan fingerprint density at radius 2 is 1.92 bits per heavy atom. The van der Waals surface area contributed by atoms with Crippen LogP contribution in [-0.4, -0.2) is 9.97 Å². The van der Waals surface area contributed by atoms with E-state index >= 15 is 0 Å². The number of hydrogen-bond donors (Lipinski definition) is 0. The van der Waals surface area contributed by atoms with Crippen LogP contribution in [0.15, 0.2) is 0 Å². The molecule has 0 amide bonds. The molecule has 2 nitrogen and oxygen atoms in total. The largest absolute Gasteiger partial charge is 0.238 e. The molecule has 1 aliphatic carbocycles. The van der Waals surface area contributed by atoms with Crippen molar-refractivity contribution in [3.05, 3.63) is 22.2 Å². The predicted molar refractivity (Wildman–Crippen MR) is 48.5 cm³/mol. The van der Waals surface area contributed by atoms with Crippen molar-refractivity contribution < 1.29 is 0 Å². The molecule has 1 aromatic heterocycles. The van der Waals surface area contributed by atoms with E-state index in [0.717, 1.165) is 11.5 Å². The molecule has 0 spiro atoms. The van der Waals surface area contributed by atoms with Crippen molar-refractivity contribution in [3.8, 4) is 0 Å². The van der Waals surface area contributed by atoms with Crippen LogP contribution < -0.4 is 0 Å². The molecule has 64 valence electrons. The van der Waals surface area contributed by atoms with Gasteiger partial charge in [0.05, 0.1) is 0 Å². The van der Waals surface area contributed by atoms with Gasteiger partial charge in [0.2, 0.25) is 0 Å². The van der Waals surface area contributed by atoms with Gasteiger partial charge in [-0.25, -0.2) is 9.97 Å². The normalized spacial score (nSPS) is 16.6. The van der Waals surface area contributed by atoms with E-state index in [9.17, 15) is 0 Å². The van der Waals surface area contributed by atoms with E-state index in [0.29, 0.717) is 11.1 Å². The SMILES string of the molecule is Cc1nc(C)c(C2CC2)c(Cl)n1. The van der Waals surface area contributed by atoms with Gasteiger partial charge >= 0.3 is 0 Å². The summed E-state index contributed by atoms with van der Waals surface area (Å²) in [7, 11) is 0. The van der Waals surface area contributed by atoms with E-state index in [1.54, 1.807) is 0 Å². The van der Waals surface area contributed by atoms with E-state index in [1.807, 2.05) is 13.8 Å². The third-order valence-electron chi connectivity index (χ3n) is 2.19.